The SMILES string of the molecule is CSC1=NCCN1.ClCCl.NC(Cc1ccccc1)c1ccccc1.O.O=C(NCCCl)NC(Cc1ccccc1)c1ccccc1.O=C=NCCCl.S=C=NCCCl.c1ccc(CC(NC2=NCCN2)c2ccccc2)cc1.c1ccc(CC(NC2=NCCO2)c2ccccc2)cc1.c1ccc(CC(NC2=NCCS2)c2ccccc2)cc1. The molecule has 0 spiro atoms. The minimum Gasteiger partial charge on any atom is -0.463 e. The zero-order valence-corrected chi connectivity index (χ0v) is 73.2. The van der Waals surface area contributed by atoms with Gasteiger partial charge in [-0.05, 0) is 106 Å². The first-order valence-corrected chi connectivity index (χ1v) is 44.2. The van der Waals surface area contributed by atoms with Gasteiger partial charge in [-0.15, -0.1) is 58.0 Å². The topological polar surface area (TPSA) is 259 Å². The molecule has 119 heavy (non-hydrogen) atoms. The van der Waals surface area contributed by atoms with E-state index in [4.69, 9.17) is 68.5 Å². The second-order valence-corrected chi connectivity index (χ2v) is 29.8. The van der Waals surface area contributed by atoms with Crippen molar-refractivity contribution in [3.8, 4) is 0 Å². The fourth-order valence-electron chi connectivity index (χ4n) is 11.7. The van der Waals surface area contributed by atoms with Gasteiger partial charge in [0.15, 0.2) is 16.3 Å². The van der Waals surface area contributed by atoms with Gasteiger partial charge in [-0.25, -0.2) is 24.6 Å². The number of benzene rings is 10. The van der Waals surface area contributed by atoms with Gasteiger partial charge in [0.25, 0.3) is 6.02 Å². The normalized spacial score (nSPS) is 13.3. The molecule has 26 heteroatoms. The van der Waals surface area contributed by atoms with Gasteiger partial charge >= 0.3 is 6.03 Å². The number of rotatable bonds is 25. The van der Waals surface area contributed by atoms with Crippen LogP contribution in [0.3, 0.4) is 0 Å². The Morgan fingerprint density at radius 2 is 0.857 bits per heavy atom. The van der Waals surface area contributed by atoms with Crippen LogP contribution in [0.15, 0.2) is 333 Å². The van der Waals surface area contributed by atoms with Gasteiger partial charge in [0.05, 0.1) is 73.9 Å². The molecule has 0 aromatic heterocycles. The lowest BCUT2D eigenvalue weighted by atomic mass is 9.99. The van der Waals surface area contributed by atoms with E-state index < -0.39 is 0 Å². The predicted octanol–water partition coefficient (Wildman–Crippen LogP) is 18.4. The van der Waals surface area contributed by atoms with Crippen LogP contribution in [0.1, 0.15) is 85.8 Å². The Morgan fingerprint density at radius 1 is 0.479 bits per heavy atom. The van der Waals surface area contributed by atoms with Crippen molar-refractivity contribution in [1.82, 2.24) is 37.2 Å². The van der Waals surface area contributed by atoms with Crippen LogP contribution in [0, 0.1) is 0 Å². The summed E-state index contributed by atoms with van der Waals surface area (Å²) in [5, 5.41) is 27.2. The minimum absolute atomic E-state index is 0. The van der Waals surface area contributed by atoms with Crippen molar-refractivity contribution in [2.45, 2.75) is 62.3 Å². The van der Waals surface area contributed by atoms with Crippen LogP contribution in [0.4, 0.5) is 4.79 Å². The lowest BCUT2D eigenvalue weighted by Crippen LogP contribution is -2.39. The minimum atomic E-state index is -0.194. The summed E-state index contributed by atoms with van der Waals surface area (Å²) < 4.78 is 5.48. The van der Waals surface area contributed by atoms with Crippen molar-refractivity contribution in [1.29, 1.82) is 0 Å². The summed E-state index contributed by atoms with van der Waals surface area (Å²) in [4.78, 5) is 45.2. The van der Waals surface area contributed by atoms with Crippen molar-refractivity contribution in [3.63, 3.8) is 0 Å². The van der Waals surface area contributed by atoms with Crippen molar-refractivity contribution in [3.05, 3.63) is 359 Å². The smallest absolute Gasteiger partial charge is 0.315 e. The first-order valence-electron chi connectivity index (χ1n) is 38.9. The van der Waals surface area contributed by atoms with Crippen LogP contribution in [0.5, 0.6) is 0 Å². The highest BCUT2D eigenvalue weighted by atomic mass is 35.5. The molecule has 4 heterocycles. The summed E-state index contributed by atoms with van der Waals surface area (Å²) in [7, 11) is 0. The van der Waals surface area contributed by atoms with Crippen LogP contribution in [-0.4, -0.2) is 146 Å². The van der Waals surface area contributed by atoms with E-state index >= 15 is 0 Å². The number of hydrogen-bond donors (Lipinski definition) is 8. The summed E-state index contributed by atoms with van der Waals surface area (Å²) in [5.41, 5.74) is 18.7. The number of alkyl halides is 5. The van der Waals surface area contributed by atoms with Crippen LogP contribution in [-0.2, 0) is 41.6 Å². The Hall–Kier alpha value is -9.80. The molecule has 0 bridgehead atoms. The molecular formula is C93H109Cl5N14O4S3. The van der Waals surface area contributed by atoms with Crippen LogP contribution in [0.25, 0.3) is 0 Å². The molecule has 0 aliphatic carbocycles. The molecule has 5 atom stereocenters. The van der Waals surface area contributed by atoms with Gasteiger partial charge < -0.3 is 53.2 Å². The van der Waals surface area contributed by atoms with Crippen LogP contribution >= 0.6 is 93.7 Å². The van der Waals surface area contributed by atoms with Gasteiger partial charge in [0, 0.05) is 49.1 Å². The number of thioether (sulfide) groups is 2. The van der Waals surface area contributed by atoms with E-state index in [0.29, 0.717) is 49.9 Å². The molecule has 628 valence electrons. The summed E-state index contributed by atoms with van der Waals surface area (Å²) >= 11 is 33.2. The highest BCUT2D eigenvalue weighted by Gasteiger charge is 2.21. The van der Waals surface area contributed by atoms with Gasteiger partial charge in [-0.2, -0.15) is 0 Å². The Balaban J connectivity index is 0.000000249. The van der Waals surface area contributed by atoms with Gasteiger partial charge in [0.2, 0.25) is 6.08 Å². The molecule has 10 aromatic carbocycles. The zero-order chi connectivity index (χ0) is 83.8. The summed E-state index contributed by atoms with van der Waals surface area (Å²) in [6, 6.07) is 105. The average Bonchev–Trinajstić information content (AvgIpc) is 1.82. The van der Waals surface area contributed by atoms with Crippen LogP contribution in [0.2, 0.25) is 0 Å². The Labute approximate surface area is 742 Å². The number of hydrogen-bond acceptors (Lipinski definition) is 18. The quantitative estimate of drug-likeness (QED) is 0.0115. The molecule has 14 rings (SSSR count). The van der Waals surface area contributed by atoms with E-state index in [1.165, 1.54) is 56.2 Å². The summed E-state index contributed by atoms with van der Waals surface area (Å²) in [6.45, 7) is 7.54. The number of carbonyl (C=O) groups excluding carboxylic acids is 2. The van der Waals surface area contributed by atoms with Gasteiger partial charge in [0.1, 0.15) is 6.61 Å². The number of guanidine groups is 1. The molecule has 4 aliphatic heterocycles. The third kappa shape index (κ3) is 44.2. The number of isothiocyanates is 1. The number of aliphatic imine (C=N–C) groups is 6. The Bertz CT molecular complexity index is 4200. The van der Waals surface area contributed by atoms with Crippen molar-refractivity contribution >= 4 is 133 Å². The van der Waals surface area contributed by atoms with Gasteiger partial charge in [-0.3, -0.25) is 15.0 Å². The van der Waals surface area contributed by atoms with E-state index in [9.17, 15) is 9.59 Å². The Morgan fingerprint density at radius 3 is 1.18 bits per heavy atom. The molecule has 5 unspecified atom stereocenters. The van der Waals surface area contributed by atoms with E-state index in [2.05, 4.69) is 291 Å². The van der Waals surface area contributed by atoms with Crippen LogP contribution < -0.4 is 43.0 Å². The van der Waals surface area contributed by atoms with Crippen molar-refractivity contribution < 1.29 is 19.8 Å². The molecule has 10 aromatic rings. The van der Waals surface area contributed by atoms with E-state index in [1.807, 2.05) is 115 Å². The predicted molar refractivity (Wildman–Crippen MR) is 509 cm³/mol. The number of urea groups is 1. The monoisotopic (exact) mass is 1760 g/mol. The number of halogens is 5. The maximum absolute atomic E-state index is 11.9. The Kier molecular flexibility index (Phi) is 54.6. The molecule has 4 aliphatic rings. The summed E-state index contributed by atoms with van der Waals surface area (Å²) in [6.07, 6.45) is 7.86. The number of isocyanates is 1. The average molecular weight is 1760 g/mol. The third-order valence-corrected chi connectivity index (χ3v) is 19.5. The lowest BCUT2D eigenvalue weighted by molar-refractivity contribution is 0.237. The second-order valence-electron chi connectivity index (χ2n) is 25.8. The number of amides is 2. The standard InChI is InChI=1S/C17H19ClN2O.C17H19N3.C17H18N2O.C17H18N2S.C14H15N.C4H8N2S.C3H4ClNO.C3H4ClNS.CH2Cl2.H2O/c18-11-12-19-17(21)20-16(15-9-5-2-6-10-15)13-14-7-3-1-4-8-14;1-3-7-14(8-4-1)13-16(15-9-5-2-6-10-15)20-17-18-11-12-19-17;2*1-3-7-14(8-4-1)13-16(15-9-5-2-6-10-15)19-17-18-11-12-20-17;15-14(13-9-5-2-6-10-13)11-12-7-3-1-4-8-12;1-7-4-5-2-3-6-4;2*4-1-2-5-3-6;2-1-3;/h1-10,16H,11-13H2,(H2,19,20,21);1-10,16H,11-13H2,(H2,18,19,20);2*1-10,16H,11-13H2,(H,18,19);1-10,14H,11,15H2;2-3H2,1H3,(H,5,6);2*1-2H2;1H2;1H2. The highest BCUT2D eigenvalue weighted by molar-refractivity contribution is 8.14. The fraction of sp³-hybridized carbons (Fsp3) is 0.280. The maximum atomic E-state index is 11.9. The van der Waals surface area contributed by atoms with Crippen molar-refractivity contribution in [2.24, 2.45) is 35.7 Å². The number of carbonyl (C=O) groups is 1. The van der Waals surface area contributed by atoms with E-state index in [1.54, 1.807) is 11.8 Å². The van der Waals surface area contributed by atoms with E-state index in [0.717, 1.165) is 99.0 Å². The number of amidine groups is 3. The molecular weight excluding hydrogens is 1650 g/mol. The van der Waals surface area contributed by atoms with Gasteiger partial charge in [-0.1, -0.05) is 327 Å². The summed E-state index contributed by atoms with van der Waals surface area (Å²) in [5.74, 6) is 3.34. The molecule has 0 saturated heterocycles. The number of nitrogens with two attached hydrogens (primary N) is 1. The van der Waals surface area contributed by atoms with E-state index in [-0.39, 0.29) is 47.1 Å². The first kappa shape index (κ1) is 99.8. The lowest BCUT2D eigenvalue weighted by Gasteiger charge is -2.20. The molecule has 0 fully saturated rings. The number of nitrogens with one attached hydrogen (secondary N) is 7. The first-order chi connectivity index (χ1) is 58.1. The molecule has 2 amide bonds. The maximum Gasteiger partial charge on any atom is 0.315 e. The molecule has 0 radical (unpaired) electrons. The van der Waals surface area contributed by atoms with Crippen molar-refractivity contribution in [2.75, 3.05) is 100 Å². The second kappa shape index (κ2) is 65.1. The molecule has 18 nitrogen and oxygen atoms in total. The number of thiocarbonyl (C=S) groups is 1. The largest absolute Gasteiger partial charge is 0.463 e. The fourth-order valence-corrected chi connectivity index (χ4v) is 13.3. The molecule has 11 N–H and O–H groups in total. The third-order valence-electron chi connectivity index (χ3n) is 17.3. The highest BCUT2D eigenvalue weighted by Crippen LogP contribution is 2.25. The zero-order valence-electron chi connectivity index (χ0n) is 67.0. The molecule has 0 saturated carbocycles. The number of ether oxygens (including phenoxy) is 1. The number of nitrogens with zero attached hydrogens (tertiary/aromatic N) is 6.